The van der Waals surface area contributed by atoms with Crippen LogP contribution in [0.5, 0.6) is 6.01 Å². The number of carbonyl (C=O) groups excluding carboxylic acids is 1. The topological polar surface area (TPSA) is 88.8 Å². The molecule has 0 atom stereocenters. The normalized spacial score (nSPS) is 21.2. The highest BCUT2D eigenvalue weighted by Gasteiger charge is 2.45. The van der Waals surface area contributed by atoms with Crippen LogP contribution in [0.4, 0.5) is 10.6 Å². The monoisotopic (exact) mass is 495 g/mol. The van der Waals surface area contributed by atoms with E-state index in [4.69, 9.17) is 19.4 Å². The Morgan fingerprint density at radius 2 is 1.86 bits per heavy atom. The van der Waals surface area contributed by atoms with Crippen LogP contribution in [0, 0.1) is 0 Å². The van der Waals surface area contributed by atoms with Crippen molar-refractivity contribution in [2.75, 3.05) is 37.7 Å². The standard InChI is InChI=1S/C26H37N7O3/c1-25(2,3)36-24(34)31-11-6-20-21(16-31)28-23(35-17-26-7-4-9-33(26)10-5-8-26)29-22(20)30-12-13-32-18-27-14-19(32)15-30/h14,18H,4-13,15-17H2,1-3H3. The summed E-state index contributed by atoms with van der Waals surface area (Å²) in [6.45, 7) is 12.1. The van der Waals surface area contributed by atoms with Crippen LogP contribution in [0.1, 0.15) is 63.4 Å². The second kappa shape index (κ2) is 8.90. The van der Waals surface area contributed by atoms with E-state index in [2.05, 4.69) is 19.4 Å². The van der Waals surface area contributed by atoms with Crippen molar-refractivity contribution >= 4 is 11.9 Å². The third-order valence-electron chi connectivity index (χ3n) is 8.02. The molecule has 10 nitrogen and oxygen atoms in total. The lowest BCUT2D eigenvalue weighted by atomic mass is 9.95. The van der Waals surface area contributed by atoms with Crippen molar-refractivity contribution in [1.29, 1.82) is 0 Å². The van der Waals surface area contributed by atoms with Gasteiger partial charge in [-0.05, 0) is 66.0 Å². The Balaban J connectivity index is 1.28. The van der Waals surface area contributed by atoms with Gasteiger partial charge in [0, 0.05) is 31.4 Å². The van der Waals surface area contributed by atoms with E-state index in [1.807, 2.05) is 33.3 Å². The third kappa shape index (κ3) is 4.40. The van der Waals surface area contributed by atoms with E-state index in [1.54, 1.807) is 4.90 Å². The van der Waals surface area contributed by atoms with Gasteiger partial charge in [-0.25, -0.2) is 9.78 Å². The zero-order valence-electron chi connectivity index (χ0n) is 21.7. The fraction of sp³-hybridized carbons (Fsp3) is 0.692. The van der Waals surface area contributed by atoms with Gasteiger partial charge < -0.3 is 23.8 Å². The summed E-state index contributed by atoms with van der Waals surface area (Å²) in [7, 11) is 0. The van der Waals surface area contributed by atoms with E-state index in [9.17, 15) is 4.79 Å². The second-order valence-electron chi connectivity index (χ2n) is 11.6. The molecule has 0 N–H and O–H groups in total. The van der Waals surface area contributed by atoms with Gasteiger partial charge in [0.05, 0.1) is 36.3 Å². The first-order chi connectivity index (χ1) is 17.3. The first kappa shape index (κ1) is 23.5. The molecule has 36 heavy (non-hydrogen) atoms. The summed E-state index contributed by atoms with van der Waals surface area (Å²) >= 11 is 0. The number of carbonyl (C=O) groups is 1. The Bertz CT molecular complexity index is 1130. The number of imidazole rings is 1. The number of hydrogen-bond donors (Lipinski definition) is 0. The van der Waals surface area contributed by atoms with Crippen LogP contribution < -0.4 is 9.64 Å². The van der Waals surface area contributed by atoms with Gasteiger partial charge in [-0.3, -0.25) is 4.90 Å². The van der Waals surface area contributed by atoms with Crippen LogP contribution in [0.15, 0.2) is 12.5 Å². The van der Waals surface area contributed by atoms with Crippen molar-refractivity contribution in [2.24, 2.45) is 0 Å². The van der Waals surface area contributed by atoms with Crippen molar-refractivity contribution in [2.45, 2.75) is 83.6 Å². The Kier molecular flexibility index (Phi) is 5.81. The van der Waals surface area contributed by atoms with Crippen molar-refractivity contribution in [1.82, 2.24) is 29.3 Å². The van der Waals surface area contributed by atoms with Crippen LogP contribution in [0.25, 0.3) is 0 Å². The van der Waals surface area contributed by atoms with E-state index in [0.717, 1.165) is 49.8 Å². The quantitative estimate of drug-likeness (QED) is 0.640. The van der Waals surface area contributed by atoms with Crippen LogP contribution in [0.2, 0.25) is 0 Å². The molecule has 2 saturated heterocycles. The van der Waals surface area contributed by atoms with Crippen LogP contribution >= 0.6 is 0 Å². The highest BCUT2D eigenvalue weighted by molar-refractivity contribution is 5.69. The number of fused-ring (bicyclic) bond motifs is 3. The van der Waals surface area contributed by atoms with Crippen molar-refractivity contribution in [3.05, 3.63) is 29.5 Å². The minimum Gasteiger partial charge on any atom is -0.461 e. The van der Waals surface area contributed by atoms with Gasteiger partial charge in [0.15, 0.2) is 0 Å². The molecule has 2 aromatic heterocycles. The van der Waals surface area contributed by atoms with Gasteiger partial charge in [0.2, 0.25) is 0 Å². The molecule has 194 valence electrons. The maximum absolute atomic E-state index is 12.8. The molecule has 2 aromatic rings. The molecule has 0 saturated carbocycles. The van der Waals surface area contributed by atoms with Gasteiger partial charge in [0.1, 0.15) is 18.0 Å². The average molecular weight is 496 g/mol. The van der Waals surface area contributed by atoms with Crippen LogP contribution in [-0.2, 0) is 30.8 Å². The Hall–Kier alpha value is -2.88. The van der Waals surface area contributed by atoms with Crippen molar-refractivity contribution < 1.29 is 14.3 Å². The Morgan fingerprint density at radius 1 is 1.06 bits per heavy atom. The molecule has 2 fully saturated rings. The minimum absolute atomic E-state index is 0.125. The molecule has 6 heterocycles. The number of ether oxygens (including phenoxy) is 2. The number of hydrogen-bond acceptors (Lipinski definition) is 8. The Labute approximate surface area is 212 Å². The minimum atomic E-state index is -0.535. The van der Waals surface area contributed by atoms with Crippen LogP contribution in [0.3, 0.4) is 0 Å². The first-order valence-electron chi connectivity index (χ1n) is 13.3. The van der Waals surface area contributed by atoms with Gasteiger partial charge >= 0.3 is 12.1 Å². The molecular weight excluding hydrogens is 458 g/mol. The summed E-state index contributed by atoms with van der Waals surface area (Å²) in [5.41, 5.74) is 2.73. The highest BCUT2D eigenvalue weighted by Crippen LogP contribution is 2.39. The Morgan fingerprint density at radius 3 is 2.64 bits per heavy atom. The predicted molar refractivity (Wildman–Crippen MR) is 134 cm³/mol. The summed E-state index contributed by atoms with van der Waals surface area (Å²) in [6, 6.07) is 0.419. The number of anilines is 1. The van der Waals surface area contributed by atoms with Crippen molar-refractivity contribution in [3.8, 4) is 6.01 Å². The van der Waals surface area contributed by atoms with E-state index in [-0.39, 0.29) is 11.6 Å². The second-order valence-corrected chi connectivity index (χ2v) is 11.6. The molecule has 4 aliphatic rings. The van der Waals surface area contributed by atoms with Gasteiger partial charge in [0.25, 0.3) is 0 Å². The molecule has 0 bridgehead atoms. The average Bonchev–Trinajstić information content (AvgIpc) is 3.56. The lowest BCUT2D eigenvalue weighted by Crippen LogP contribution is -2.44. The maximum Gasteiger partial charge on any atom is 0.410 e. The molecular formula is C26H37N7O3. The van der Waals surface area contributed by atoms with E-state index >= 15 is 0 Å². The summed E-state index contributed by atoms with van der Waals surface area (Å²) in [4.78, 5) is 33.6. The molecule has 10 heteroatoms. The van der Waals surface area contributed by atoms with Crippen molar-refractivity contribution in [3.63, 3.8) is 0 Å². The SMILES string of the molecule is CC(C)(C)OC(=O)N1CCc2c(nc(OCC34CCCN3CCC4)nc2N2CCn3cncc3C2)C1. The molecule has 0 aliphatic carbocycles. The fourth-order valence-corrected chi connectivity index (χ4v) is 6.22. The number of nitrogens with zero attached hydrogens (tertiary/aromatic N) is 7. The summed E-state index contributed by atoms with van der Waals surface area (Å²) in [5.74, 6) is 0.929. The summed E-state index contributed by atoms with van der Waals surface area (Å²) < 4.78 is 14.2. The molecule has 0 aromatic carbocycles. The third-order valence-corrected chi connectivity index (χ3v) is 8.02. The molecule has 4 aliphatic heterocycles. The molecule has 0 unspecified atom stereocenters. The van der Waals surface area contributed by atoms with Gasteiger partial charge in [-0.15, -0.1) is 0 Å². The fourth-order valence-electron chi connectivity index (χ4n) is 6.22. The molecule has 6 rings (SSSR count). The molecule has 0 radical (unpaired) electrons. The van der Waals surface area contributed by atoms with E-state index < -0.39 is 5.60 Å². The number of amides is 1. The van der Waals surface area contributed by atoms with Crippen LogP contribution in [-0.4, -0.2) is 79.3 Å². The molecule has 0 spiro atoms. The summed E-state index contributed by atoms with van der Waals surface area (Å²) in [6.07, 6.45) is 9.01. The number of rotatable bonds is 4. The lowest BCUT2D eigenvalue weighted by molar-refractivity contribution is 0.0219. The van der Waals surface area contributed by atoms with E-state index in [1.165, 1.54) is 31.4 Å². The predicted octanol–water partition coefficient (Wildman–Crippen LogP) is 2.99. The lowest BCUT2D eigenvalue weighted by Gasteiger charge is -2.35. The smallest absolute Gasteiger partial charge is 0.410 e. The zero-order valence-corrected chi connectivity index (χ0v) is 21.7. The highest BCUT2D eigenvalue weighted by atomic mass is 16.6. The molecule has 1 amide bonds. The first-order valence-corrected chi connectivity index (χ1v) is 13.3. The van der Waals surface area contributed by atoms with Gasteiger partial charge in [-0.1, -0.05) is 0 Å². The number of aromatic nitrogens is 4. The maximum atomic E-state index is 12.8. The summed E-state index contributed by atoms with van der Waals surface area (Å²) in [5, 5.41) is 0. The van der Waals surface area contributed by atoms with E-state index in [0.29, 0.717) is 32.1 Å². The van der Waals surface area contributed by atoms with Gasteiger partial charge in [-0.2, -0.15) is 9.97 Å². The zero-order chi connectivity index (χ0) is 24.9. The largest absolute Gasteiger partial charge is 0.461 e.